The molecule has 6 nitrogen and oxygen atoms in total. The fourth-order valence-electron chi connectivity index (χ4n) is 4.45. The molecular weight excluding hydrogens is 417 g/mol. The molecule has 1 fully saturated rings. The van der Waals surface area contributed by atoms with E-state index in [9.17, 15) is 9.18 Å². The fraction of sp³-hybridized carbons (Fsp3) is 0.269. The second-order valence-corrected chi connectivity index (χ2v) is 8.43. The summed E-state index contributed by atoms with van der Waals surface area (Å²) in [5.74, 6) is 1.38. The van der Waals surface area contributed by atoms with E-state index in [2.05, 4.69) is 43.0 Å². The van der Waals surface area contributed by atoms with Gasteiger partial charge in [-0.25, -0.2) is 14.4 Å². The van der Waals surface area contributed by atoms with Gasteiger partial charge in [0.15, 0.2) is 0 Å². The molecule has 1 amide bonds. The first kappa shape index (κ1) is 21.1. The highest BCUT2D eigenvalue weighted by Gasteiger charge is 2.26. The minimum atomic E-state index is -0.247. The van der Waals surface area contributed by atoms with Crippen LogP contribution in [0.25, 0.3) is 16.7 Å². The minimum Gasteiger partial charge on any atom is -0.356 e. The number of aromatic nitrogens is 3. The lowest BCUT2D eigenvalue weighted by Crippen LogP contribution is -2.43. The third-order valence-corrected chi connectivity index (χ3v) is 6.23. The maximum atomic E-state index is 13.0. The summed E-state index contributed by atoms with van der Waals surface area (Å²) < 4.78 is 15.1. The van der Waals surface area contributed by atoms with Crippen molar-refractivity contribution in [3.63, 3.8) is 0 Å². The molecule has 0 radical (unpaired) electrons. The summed E-state index contributed by atoms with van der Waals surface area (Å²) in [5, 5.41) is 4.21. The van der Waals surface area contributed by atoms with E-state index in [4.69, 9.17) is 0 Å². The highest BCUT2D eigenvalue weighted by atomic mass is 19.1. The largest absolute Gasteiger partial charge is 0.356 e. The lowest BCUT2D eigenvalue weighted by atomic mass is 9.97. The molecule has 2 aromatic heterocycles. The Morgan fingerprint density at radius 3 is 2.76 bits per heavy atom. The van der Waals surface area contributed by atoms with E-state index in [1.807, 2.05) is 24.4 Å². The molecule has 5 rings (SSSR count). The molecule has 1 aliphatic rings. The van der Waals surface area contributed by atoms with E-state index in [0.29, 0.717) is 19.5 Å². The quantitative estimate of drug-likeness (QED) is 0.487. The molecule has 1 N–H and O–H groups in total. The number of piperidine rings is 1. The first-order valence-electron chi connectivity index (χ1n) is 11.3. The Balaban J connectivity index is 1.23. The summed E-state index contributed by atoms with van der Waals surface area (Å²) in [6.07, 6.45) is 6.08. The van der Waals surface area contributed by atoms with Gasteiger partial charge in [0.05, 0.1) is 11.4 Å². The Morgan fingerprint density at radius 1 is 1.06 bits per heavy atom. The Bertz CT molecular complexity index is 1250. The number of carbonyl (C=O) groups excluding carboxylic acids is 1. The Morgan fingerprint density at radius 2 is 1.88 bits per heavy atom. The van der Waals surface area contributed by atoms with E-state index in [0.717, 1.165) is 47.5 Å². The van der Waals surface area contributed by atoms with Crippen molar-refractivity contribution in [3.05, 3.63) is 84.6 Å². The van der Waals surface area contributed by atoms with Gasteiger partial charge in [0.1, 0.15) is 23.8 Å². The van der Waals surface area contributed by atoms with Crippen molar-refractivity contribution in [2.45, 2.75) is 19.3 Å². The Labute approximate surface area is 192 Å². The van der Waals surface area contributed by atoms with E-state index < -0.39 is 0 Å². The van der Waals surface area contributed by atoms with Crippen molar-refractivity contribution < 1.29 is 9.18 Å². The smallest absolute Gasteiger partial charge is 0.224 e. The standard InChI is InChI=1S/C26H26FN5O/c27-22-9-7-19(8-10-22)11-13-28-26(33)21-5-3-14-31(17-21)24-16-25(30-18-29-24)32-15-12-20-4-1-2-6-23(20)32/h1-2,4,6-10,12,15-16,18,21H,3,5,11,13-14,17H2,(H,28,33). The van der Waals surface area contributed by atoms with Gasteiger partial charge in [0, 0.05) is 31.9 Å². The van der Waals surface area contributed by atoms with Crippen molar-refractivity contribution in [1.29, 1.82) is 0 Å². The van der Waals surface area contributed by atoms with Crippen LogP contribution in [0.2, 0.25) is 0 Å². The molecule has 2 aromatic carbocycles. The molecular formula is C26H26FN5O. The van der Waals surface area contributed by atoms with Crippen LogP contribution in [0.3, 0.4) is 0 Å². The van der Waals surface area contributed by atoms with Crippen LogP contribution in [-0.4, -0.2) is 40.1 Å². The van der Waals surface area contributed by atoms with Gasteiger partial charge in [-0.15, -0.1) is 0 Å². The minimum absolute atomic E-state index is 0.0625. The number of hydrogen-bond donors (Lipinski definition) is 1. The maximum Gasteiger partial charge on any atom is 0.224 e. The van der Waals surface area contributed by atoms with Crippen molar-refractivity contribution in [3.8, 4) is 5.82 Å². The molecule has 1 atom stereocenters. The summed E-state index contributed by atoms with van der Waals surface area (Å²) in [5.41, 5.74) is 2.10. The van der Waals surface area contributed by atoms with Crippen LogP contribution < -0.4 is 10.2 Å². The Hall–Kier alpha value is -3.74. The van der Waals surface area contributed by atoms with Gasteiger partial charge in [-0.3, -0.25) is 4.79 Å². The van der Waals surface area contributed by atoms with Crippen LogP contribution in [0.5, 0.6) is 0 Å². The van der Waals surface area contributed by atoms with E-state index in [1.165, 1.54) is 12.1 Å². The molecule has 0 aliphatic carbocycles. The third kappa shape index (κ3) is 4.72. The molecule has 1 aliphatic heterocycles. The lowest BCUT2D eigenvalue weighted by Gasteiger charge is -2.33. The summed E-state index contributed by atoms with van der Waals surface area (Å²) >= 11 is 0. The van der Waals surface area contributed by atoms with Crippen LogP contribution in [0, 0.1) is 11.7 Å². The number of carbonyl (C=O) groups is 1. The molecule has 0 saturated carbocycles. The fourth-order valence-corrected chi connectivity index (χ4v) is 4.45. The second kappa shape index (κ2) is 9.40. The average molecular weight is 444 g/mol. The van der Waals surface area contributed by atoms with Crippen LogP contribution in [0.1, 0.15) is 18.4 Å². The van der Waals surface area contributed by atoms with Gasteiger partial charge in [-0.2, -0.15) is 0 Å². The van der Waals surface area contributed by atoms with Gasteiger partial charge in [0.25, 0.3) is 0 Å². The summed E-state index contributed by atoms with van der Waals surface area (Å²) in [7, 11) is 0. The average Bonchev–Trinajstić information content (AvgIpc) is 3.30. The summed E-state index contributed by atoms with van der Waals surface area (Å²) in [6, 6.07) is 18.7. The molecule has 3 heterocycles. The SMILES string of the molecule is O=C(NCCc1ccc(F)cc1)C1CCCN(c2cc(-n3ccc4ccccc43)ncn2)C1. The zero-order valence-electron chi connectivity index (χ0n) is 18.3. The molecule has 1 saturated heterocycles. The predicted octanol–water partition coefficient (Wildman–Crippen LogP) is 4.13. The molecule has 4 aromatic rings. The zero-order valence-corrected chi connectivity index (χ0v) is 18.3. The predicted molar refractivity (Wildman–Crippen MR) is 127 cm³/mol. The van der Waals surface area contributed by atoms with Crippen molar-refractivity contribution >= 4 is 22.6 Å². The van der Waals surface area contributed by atoms with Gasteiger partial charge >= 0.3 is 0 Å². The highest BCUT2D eigenvalue weighted by Crippen LogP contribution is 2.25. The van der Waals surface area contributed by atoms with Crippen LogP contribution in [-0.2, 0) is 11.2 Å². The topological polar surface area (TPSA) is 63.1 Å². The first-order chi connectivity index (χ1) is 16.2. The number of benzene rings is 2. The van der Waals surface area contributed by atoms with Crippen LogP contribution >= 0.6 is 0 Å². The number of hydrogen-bond acceptors (Lipinski definition) is 4. The first-order valence-corrected chi connectivity index (χ1v) is 11.3. The highest BCUT2D eigenvalue weighted by molar-refractivity contribution is 5.82. The number of halogens is 1. The molecule has 33 heavy (non-hydrogen) atoms. The normalized spacial score (nSPS) is 16.2. The van der Waals surface area contributed by atoms with Crippen molar-refractivity contribution in [2.75, 3.05) is 24.5 Å². The number of rotatable bonds is 6. The number of nitrogens with one attached hydrogen (secondary N) is 1. The molecule has 1 unspecified atom stereocenters. The monoisotopic (exact) mass is 443 g/mol. The Kier molecular flexibility index (Phi) is 6.02. The van der Waals surface area contributed by atoms with Gasteiger partial charge in [-0.05, 0) is 54.5 Å². The maximum absolute atomic E-state index is 13.0. The number of anilines is 1. The van der Waals surface area contributed by atoms with E-state index in [1.54, 1.807) is 18.5 Å². The van der Waals surface area contributed by atoms with Gasteiger partial charge in [-0.1, -0.05) is 30.3 Å². The number of fused-ring (bicyclic) bond motifs is 1. The van der Waals surface area contributed by atoms with Crippen LogP contribution in [0.15, 0.2) is 73.2 Å². The number of amides is 1. The van der Waals surface area contributed by atoms with Crippen molar-refractivity contribution in [2.24, 2.45) is 5.92 Å². The molecule has 7 heteroatoms. The summed E-state index contributed by atoms with van der Waals surface area (Å²) in [6.45, 7) is 2.03. The van der Waals surface area contributed by atoms with E-state index in [-0.39, 0.29) is 17.6 Å². The molecule has 0 spiro atoms. The summed E-state index contributed by atoms with van der Waals surface area (Å²) in [4.78, 5) is 23.9. The van der Waals surface area contributed by atoms with Gasteiger partial charge < -0.3 is 14.8 Å². The third-order valence-electron chi connectivity index (χ3n) is 6.23. The van der Waals surface area contributed by atoms with E-state index >= 15 is 0 Å². The molecule has 0 bridgehead atoms. The van der Waals surface area contributed by atoms with Crippen molar-refractivity contribution in [1.82, 2.24) is 19.9 Å². The lowest BCUT2D eigenvalue weighted by molar-refractivity contribution is -0.125. The number of nitrogens with zero attached hydrogens (tertiary/aromatic N) is 4. The van der Waals surface area contributed by atoms with Gasteiger partial charge in [0.2, 0.25) is 5.91 Å². The molecule has 168 valence electrons. The zero-order chi connectivity index (χ0) is 22.6. The van der Waals surface area contributed by atoms with Crippen LogP contribution in [0.4, 0.5) is 10.2 Å². The number of para-hydroxylation sites is 1. The second-order valence-electron chi connectivity index (χ2n) is 8.43.